The van der Waals surface area contributed by atoms with Crippen LogP contribution in [0.2, 0.25) is 0 Å². The summed E-state index contributed by atoms with van der Waals surface area (Å²) in [5.41, 5.74) is 0.511. The lowest BCUT2D eigenvalue weighted by molar-refractivity contribution is -0.274. The number of nitrogens with zero attached hydrogens (tertiary/aromatic N) is 2. The summed E-state index contributed by atoms with van der Waals surface area (Å²) < 4.78 is 70.7. The van der Waals surface area contributed by atoms with E-state index in [1.165, 1.54) is 42.8 Å². The van der Waals surface area contributed by atoms with Gasteiger partial charge in [-0.25, -0.2) is 8.78 Å². The third-order valence-electron chi connectivity index (χ3n) is 6.32. The van der Waals surface area contributed by atoms with E-state index in [1.54, 1.807) is 7.05 Å². The first kappa shape index (κ1) is 21.6. The van der Waals surface area contributed by atoms with Gasteiger partial charge in [0.1, 0.15) is 11.7 Å². The van der Waals surface area contributed by atoms with Crippen molar-refractivity contribution in [2.45, 2.75) is 51.3 Å². The third-order valence-corrected chi connectivity index (χ3v) is 6.32. The van der Waals surface area contributed by atoms with Gasteiger partial charge in [-0.05, 0) is 43.0 Å². The first-order chi connectivity index (χ1) is 14.3. The summed E-state index contributed by atoms with van der Waals surface area (Å²) >= 11 is 0. The van der Waals surface area contributed by atoms with Gasteiger partial charge in [-0.2, -0.15) is 5.10 Å². The Morgan fingerprint density at radius 2 is 1.77 bits per heavy atom. The predicted octanol–water partition coefficient (Wildman–Crippen LogP) is 5.48. The molecule has 1 N–H and O–H groups in total. The van der Waals surface area contributed by atoms with Gasteiger partial charge in [-0.1, -0.05) is 20.3 Å². The Labute approximate surface area is 175 Å². The number of hydrogen-bond donors (Lipinski definition) is 1. The van der Waals surface area contributed by atoms with Crippen LogP contribution in [0.15, 0.2) is 24.3 Å². The molecule has 1 amide bonds. The first-order valence-electron chi connectivity index (χ1n) is 9.94. The van der Waals surface area contributed by atoms with Crippen molar-refractivity contribution in [3.8, 4) is 17.0 Å². The molecule has 31 heavy (non-hydrogen) atoms. The van der Waals surface area contributed by atoms with Gasteiger partial charge < -0.3 is 10.1 Å². The molecule has 0 bridgehead atoms. The number of nitrogens with one attached hydrogen (secondary N) is 1. The molecule has 2 saturated carbocycles. The van der Waals surface area contributed by atoms with Crippen LogP contribution in [-0.2, 0) is 11.8 Å². The zero-order valence-electron chi connectivity index (χ0n) is 17.2. The van der Waals surface area contributed by atoms with E-state index >= 15 is 0 Å². The van der Waals surface area contributed by atoms with Crippen molar-refractivity contribution in [1.82, 2.24) is 9.78 Å². The highest BCUT2D eigenvalue weighted by atomic mass is 19.4. The summed E-state index contributed by atoms with van der Waals surface area (Å²) in [4.78, 5) is 12.6. The number of anilines is 1. The van der Waals surface area contributed by atoms with Crippen LogP contribution >= 0.6 is 0 Å². The van der Waals surface area contributed by atoms with Crippen LogP contribution in [0.4, 0.5) is 27.8 Å². The van der Waals surface area contributed by atoms with E-state index in [4.69, 9.17) is 0 Å². The van der Waals surface area contributed by atoms with E-state index < -0.39 is 29.5 Å². The van der Waals surface area contributed by atoms with Gasteiger partial charge in [-0.3, -0.25) is 9.48 Å². The lowest BCUT2D eigenvalue weighted by Gasteiger charge is -2.27. The van der Waals surface area contributed by atoms with Gasteiger partial charge in [0.25, 0.3) is 5.92 Å². The molecule has 1 aromatic carbocycles. The van der Waals surface area contributed by atoms with Crippen molar-refractivity contribution in [2.24, 2.45) is 18.4 Å². The molecule has 10 heteroatoms. The number of rotatable bonds is 5. The van der Waals surface area contributed by atoms with E-state index in [0.29, 0.717) is 16.8 Å². The summed E-state index contributed by atoms with van der Waals surface area (Å²) in [7, 11) is 1.64. The molecule has 4 rings (SSSR count). The molecule has 1 heterocycles. The lowest BCUT2D eigenvalue weighted by Crippen LogP contribution is -2.20. The highest BCUT2D eigenvalue weighted by molar-refractivity contribution is 5.97. The van der Waals surface area contributed by atoms with Gasteiger partial charge in [0.15, 0.2) is 5.82 Å². The lowest BCUT2D eigenvalue weighted by atomic mass is 9.79. The molecule has 0 unspecified atom stereocenters. The number of halogens is 5. The monoisotopic (exact) mass is 443 g/mol. The van der Waals surface area contributed by atoms with Crippen molar-refractivity contribution in [3.05, 3.63) is 29.8 Å². The summed E-state index contributed by atoms with van der Waals surface area (Å²) in [6.07, 6.45) is -2.11. The topological polar surface area (TPSA) is 56.2 Å². The number of ether oxygens (including phenoxy) is 1. The molecule has 2 fully saturated rings. The normalized spacial score (nSPS) is 22.0. The molecular formula is C21H22F5N3O2. The molecule has 0 aliphatic heterocycles. The smallest absolute Gasteiger partial charge is 0.406 e. The van der Waals surface area contributed by atoms with Crippen LogP contribution in [0.3, 0.4) is 0 Å². The van der Waals surface area contributed by atoms with Gasteiger partial charge in [0.05, 0.1) is 5.69 Å². The number of amides is 1. The van der Waals surface area contributed by atoms with Crippen molar-refractivity contribution < 1.29 is 31.5 Å². The number of aromatic nitrogens is 2. The number of benzene rings is 1. The van der Waals surface area contributed by atoms with Crippen LogP contribution in [0, 0.1) is 11.3 Å². The van der Waals surface area contributed by atoms with Crippen molar-refractivity contribution in [2.75, 3.05) is 5.32 Å². The van der Waals surface area contributed by atoms with Crippen LogP contribution in [0.5, 0.6) is 5.75 Å². The summed E-state index contributed by atoms with van der Waals surface area (Å²) in [6, 6.07) is 5.35. The number of aryl methyl sites for hydroxylation is 1. The third kappa shape index (κ3) is 3.65. The molecule has 1 aromatic heterocycles. The Balaban J connectivity index is 1.65. The van der Waals surface area contributed by atoms with E-state index in [1.807, 2.05) is 0 Å². The van der Waals surface area contributed by atoms with E-state index in [-0.39, 0.29) is 17.5 Å². The second-order valence-corrected chi connectivity index (χ2v) is 8.70. The molecule has 2 aromatic rings. The minimum Gasteiger partial charge on any atom is -0.406 e. The maximum absolute atomic E-state index is 14.0. The fraction of sp³-hybridized carbons (Fsp3) is 0.524. The van der Waals surface area contributed by atoms with Crippen molar-refractivity contribution in [1.29, 1.82) is 0 Å². The molecule has 2 aliphatic carbocycles. The molecule has 2 aliphatic rings. The molecule has 0 radical (unpaired) electrons. The second kappa shape index (κ2) is 6.93. The predicted molar refractivity (Wildman–Crippen MR) is 103 cm³/mol. The fourth-order valence-corrected chi connectivity index (χ4v) is 4.21. The zero-order chi connectivity index (χ0) is 22.8. The van der Waals surface area contributed by atoms with Crippen LogP contribution in [0.25, 0.3) is 11.3 Å². The summed E-state index contributed by atoms with van der Waals surface area (Å²) in [5, 5.41) is 6.93. The van der Waals surface area contributed by atoms with Gasteiger partial charge in [0, 0.05) is 23.6 Å². The minimum atomic E-state index is -4.79. The Morgan fingerprint density at radius 3 is 2.23 bits per heavy atom. The average molecular weight is 443 g/mol. The highest BCUT2D eigenvalue weighted by Gasteiger charge is 2.78. The number of carbonyl (C=O) groups is 1. The van der Waals surface area contributed by atoms with E-state index in [9.17, 15) is 26.7 Å². The molecule has 5 nitrogen and oxygen atoms in total. The molecular weight excluding hydrogens is 421 g/mol. The molecule has 0 spiro atoms. The van der Waals surface area contributed by atoms with E-state index in [2.05, 4.69) is 15.2 Å². The maximum atomic E-state index is 14.0. The van der Waals surface area contributed by atoms with Crippen molar-refractivity contribution in [3.63, 3.8) is 0 Å². The number of alkyl halides is 5. The van der Waals surface area contributed by atoms with Crippen molar-refractivity contribution >= 4 is 11.7 Å². The number of hydrogen-bond acceptors (Lipinski definition) is 3. The average Bonchev–Trinajstić information content (AvgIpc) is 2.83. The largest absolute Gasteiger partial charge is 0.573 e. The van der Waals surface area contributed by atoms with Crippen LogP contribution < -0.4 is 10.1 Å². The van der Waals surface area contributed by atoms with Gasteiger partial charge in [0.2, 0.25) is 5.91 Å². The van der Waals surface area contributed by atoms with Crippen LogP contribution in [0.1, 0.15) is 44.6 Å². The second-order valence-electron chi connectivity index (χ2n) is 8.70. The van der Waals surface area contributed by atoms with E-state index in [0.717, 1.165) is 19.3 Å². The molecule has 168 valence electrons. The van der Waals surface area contributed by atoms with Crippen LogP contribution in [-0.4, -0.2) is 28.0 Å². The Morgan fingerprint density at radius 1 is 1.19 bits per heavy atom. The Hall–Kier alpha value is -2.65. The zero-order valence-corrected chi connectivity index (χ0v) is 17.2. The Kier molecular flexibility index (Phi) is 4.82. The maximum Gasteiger partial charge on any atom is 0.573 e. The highest BCUT2D eigenvalue weighted by Crippen LogP contribution is 2.65. The summed E-state index contributed by atoms with van der Waals surface area (Å²) in [6.45, 7) is 2.69. The molecule has 0 saturated heterocycles. The number of carbonyl (C=O) groups excluding carboxylic acids is 1. The standard InChI is InChI=1S/C21H22F5N3O2/c1-19(2)16(20(19,22)23)18(30)27-17-14(11-5-4-6-11)15(29(3)28-17)12-7-9-13(10-8-12)31-21(24,25)26/h7-11,16H,4-6H2,1-3H3,(H,27,28,30)/t16-/m0/s1. The fourth-order valence-electron chi connectivity index (χ4n) is 4.21. The van der Waals surface area contributed by atoms with Gasteiger partial charge in [-0.15, -0.1) is 13.2 Å². The minimum absolute atomic E-state index is 0.0813. The first-order valence-corrected chi connectivity index (χ1v) is 9.94. The Bertz CT molecular complexity index is 993. The summed E-state index contributed by atoms with van der Waals surface area (Å²) in [5.74, 6) is -5.35. The van der Waals surface area contributed by atoms with Gasteiger partial charge >= 0.3 is 6.36 Å². The quantitative estimate of drug-likeness (QED) is 0.623. The SMILES string of the molecule is Cn1nc(NC(=O)[C@H]2C(C)(C)C2(F)F)c(C2CCC2)c1-c1ccc(OC(F)(F)F)cc1. The molecule has 1 atom stereocenters.